The van der Waals surface area contributed by atoms with Crippen LogP contribution in [0.3, 0.4) is 0 Å². The molecule has 0 radical (unpaired) electrons. The standard InChI is InChI=1S/C10H13BrClN3O3S/c1-15(2)19(17,18)4-3-13-10(16)8-5-7(11)6-14-9(8)12/h5-6H,3-4H2,1-2H3,(H,13,16). The summed E-state index contributed by atoms with van der Waals surface area (Å²) in [5.74, 6) is -0.641. The van der Waals surface area contributed by atoms with Gasteiger partial charge in [-0.2, -0.15) is 0 Å². The quantitative estimate of drug-likeness (QED) is 0.788. The second-order valence-electron chi connectivity index (χ2n) is 3.85. The number of carbonyl (C=O) groups is 1. The highest BCUT2D eigenvalue weighted by Crippen LogP contribution is 2.17. The Bertz CT molecular complexity index is 577. The van der Waals surface area contributed by atoms with Gasteiger partial charge in [-0.3, -0.25) is 4.79 Å². The van der Waals surface area contributed by atoms with Crippen molar-refractivity contribution in [3.63, 3.8) is 0 Å². The van der Waals surface area contributed by atoms with Crippen molar-refractivity contribution in [2.24, 2.45) is 0 Å². The Kier molecular flexibility index (Phi) is 5.72. The van der Waals surface area contributed by atoms with Crippen LogP contribution in [0.1, 0.15) is 10.4 Å². The molecule has 0 aliphatic heterocycles. The summed E-state index contributed by atoms with van der Waals surface area (Å²) in [7, 11) is -0.460. The first-order valence-corrected chi connectivity index (χ1v) is 8.01. The summed E-state index contributed by atoms with van der Waals surface area (Å²) in [6, 6.07) is 1.52. The summed E-state index contributed by atoms with van der Waals surface area (Å²) in [4.78, 5) is 15.6. The van der Waals surface area contributed by atoms with Gasteiger partial charge in [0, 0.05) is 31.3 Å². The Balaban J connectivity index is 2.64. The smallest absolute Gasteiger partial charge is 0.254 e. The topological polar surface area (TPSA) is 79.4 Å². The number of rotatable bonds is 5. The van der Waals surface area contributed by atoms with Crippen molar-refractivity contribution in [2.45, 2.75) is 0 Å². The monoisotopic (exact) mass is 369 g/mol. The number of amides is 1. The molecule has 0 saturated heterocycles. The molecule has 106 valence electrons. The fraction of sp³-hybridized carbons (Fsp3) is 0.400. The molecule has 0 unspecified atom stereocenters. The Morgan fingerprint density at radius 2 is 2.16 bits per heavy atom. The maximum absolute atomic E-state index is 11.8. The first kappa shape index (κ1) is 16.4. The molecule has 1 aromatic rings. The molecule has 0 spiro atoms. The lowest BCUT2D eigenvalue weighted by atomic mass is 10.3. The van der Waals surface area contributed by atoms with Crippen molar-refractivity contribution < 1.29 is 13.2 Å². The molecule has 1 N–H and O–H groups in total. The van der Waals surface area contributed by atoms with Crippen molar-refractivity contribution >= 4 is 43.5 Å². The molecule has 6 nitrogen and oxygen atoms in total. The van der Waals surface area contributed by atoms with E-state index in [1.165, 1.54) is 26.4 Å². The first-order valence-electron chi connectivity index (χ1n) is 5.23. The fourth-order valence-electron chi connectivity index (χ4n) is 1.15. The Hall–Kier alpha value is -0.700. The molecule has 9 heteroatoms. The third kappa shape index (κ3) is 4.72. The van der Waals surface area contributed by atoms with Gasteiger partial charge in [-0.25, -0.2) is 17.7 Å². The summed E-state index contributed by atoms with van der Waals surface area (Å²) < 4.78 is 24.7. The highest BCUT2D eigenvalue weighted by Gasteiger charge is 2.16. The van der Waals surface area contributed by atoms with Crippen molar-refractivity contribution in [3.05, 3.63) is 27.5 Å². The van der Waals surface area contributed by atoms with Gasteiger partial charge in [-0.1, -0.05) is 11.6 Å². The largest absolute Gasteiger partial charge is 0.351 e. The molecule has 0 bridgehead atoms. The zero-order chi connectivity index (χ0) is 14.6. The number of hydrogen-bond acceptors (Lipinski definition) is 4. The number of carbonyl (C=O) groups excluding carboxylic acids is 1. The molecule has 1 aromatic heterocycles. The number of pyridine rings is 1. The Morgan fingerprint density at radius 1 is 1.53 bits per heavy atom. The highest BCUT2D eigenvalue weighted by atomic mass is 79.9. The van der Waals surface area contributed by atoms with Gasteiger partial charge >= 0.3 is 0 Å². The van der Waals surface area contributed by atoms with Gasteiger partial charge in [0.2, 0.25) is 10.0 Å². The Labute approximate surface area is 125 Å². The summed E-state index contributed by atoms with van der Waals surface area (Å²) in [5, 5.41) is 2.55. The Morgan fingerprint density at radius 3 is 2.74 bits per heavy atom. The third-order valence-corrected chi connectivity index (χ3v) is 4.82. The van der Waals surface area contributed by atoms with Gasteiger partial charge in [-0.05, 0) is 22.0 Å². The predicted octanol–water partition coefficient (Wildman–Crippen LogP) is 1.12. The minimum atomic E-state index is -3.33. The SMILES string of the molecule is CN(C)S(=O)(=O)CCNC(=O)c1cc(Br)cnc1Cl. The molecular weight excluding hydrogens is 358 g/mol. The van der Waals surface area contributed by atoms with Crippen molar-refractivity contribution in [3.8, 4) is 0 Å². The van der Waals surface area contributed by atoms with Gasteiger partial charge < -0.3 is 5.32 Å². The molecule has 1 amide bonds. The summed E-state index contributed by atoms with van der Waals surface area (Å²) in [6.07, 6.45) is 1.47. The van der Waals surface area contributed by atoms with E-state index in [9.17, 15) is 13.2 Å². The average molecular weight is 371 g/mol. The lowest BCUT2D eigenvalue weighted by Gasteiger charge is -2.11. The van der Waals surface area contributed by atoms with Crippen molar-refractivity contribution in [2.75, 3.05) is 26.4 Å². The normalized spacial score (nSPS) is 11.6. The second kappa shape index (κ2) is 6.65. The van der Waals surface area contributed by atoms with Crippen LogP contribution >= 0.6 is 27.5 Å². The second-order valence-corrected chi connectivity index (χ2v) is 7.42. The van der Waals surface area contributed by atoms with Gasteiger partial charge in [0.05, 0.1) is 11.3 Å². The van der Waals surface area contributed by atoms with Crippen LogP contribution in [0.2, 0.25) is 5.15 Å². The van der Waals surface area contributed by atoms with Crippen LogP contribution < -0.4 is 5.32 Å². The molecule has 19 heavy (non-hydrogen) atoms. The predicted molar refractivity (Wildman–Crippen MR) is 76.8 cm³/mol. The molecule has 0 fully saturated rings. The first-order chi connectivity index (χ1) is 8.74. The van der Waals surface area contributed by atoms with E-state index in [1.54, 1.807) is 0 Å². The number of aromatic nitrogens is 1. The van der Waals surface area contributed by atoms with Crippen molar-refractivity contribution in [1.29, 1.82) is 0 Å². The number of nitrogens with one attached hydrogen (secondary N) is 1. The number of sulfonamides is 1. The fourth-order valence-corrected chi connectivity index (χ4v) is 2.40. The lowest BCUT2D eigenvalue weighted by molar-refractivity contribution is 0.0956. The van der Waals surface area contributed by atoms with Crippen LogP contribution in [-0.2, 0) is 10.0 Å². The molecule has 0 saturated carbocycles. The van der Waals surface area contributed by atoms with Crippen molar-refractivity contribution in [1.82, 2.24) is 14.6 Å². The molecule has 0 atom stereocenters. The molecule has 0 aromatic carbocycles. The van der Waals surface area contributed by atoms with E-state index in [0.717, 1.165) is 4.31 Å². The van der Waals surface area contributed by atoms with E-state index >= 15 is 0 Å². The zero-order valence-electron chi connectivity index (χ0n) is 10.4. The van der Waals surface area contributed by atoms with E-state index in [0.29, 0.717) is 4.47 Å². The summed E-state index contributed by atoms with van der Waals surface area (Å²) in [6.45, 7) is 0.00217. The molecular formula is C10H13BrClN3O3S. The maximum atomic E-state index is 11.8. The van der Waals surface area contributed by atoms with Crippen LogP contribution in [0.4, 0.5) is 0 Å². The zero-order valence-corrected chi connectivity index (χ0v) is 13.5. The third-order valence-electron chi connectivity index (χ3n) is 2.25. The number of halogens is 2. The minimum Gasteiger partial charge on any atom is -0.351 e. The molecule has 1 heterocycles. The number of nitrogens with zero attached hydrogens (tertiary/aromatic N) is 2. The minimum absolute atomic E-state index is 0.00217. The maximum Gasteiger partial charge on any atom is 0.254 e. The van der Waals surface area contributed by atoms with Crippen LogP contribution in [-0.4, -0.2) is 50.0 Å². The van der Waals surface area contributed by atoms with E-state index in [-0.39, 0.29) is 23.0 Å². The van der Waals surface area contributed by atoms with Crippen LogP contribution in [0.25, 0.3) is 0 Å². The summed E-state index contributed by atoms with van der Waals surface area (Å²) in [5.41, 5.74) is 0.193. The summed E-state index contributed by atoms with van der Waals surface area (Å²) >= 11 is 8.97. The van der Waals surface area contributed by atoms with Crippen LogP contribution in [0.5, 0.6) is 0 Å². The van der Waals surface area contributed by atoms with Crippen LogP contribution in [0.15, 0.2) is 16.7 Å². The lowest BCUT2D eigenvalue weighted by Crippen LogP contribution is -2.34. The molecule has 1 rings (SSSR count). The molecule has 0 aliphatic rings. The van der Waals surface area contributed by atoms with E-state index < -0.39 is 15.9 Å². The average Bonchev–Trinajstić information content (AvgIpc) is 2.31. The number of hydrogen-bond donors (Lipinski definition) is 1. The van der Waals surface area contributed by atoms with Crippen LogP contribution in [0, 0.1) is 0 Å². The van der Waals surface area contributed by atoms with Gasteiger partial charge in [0.15, 0.2) is 0 Å². The highest BCUT2D eigenvalue weighted by molar-refractivity contribution is 9.10. The van der Waals surface area contributed by atoms with E-state index in [4.69, 9.17) is 11.6 Å². The van der Waals surface area contributed by atoms with E-state index in [1.807, 2.05) is 0 Å². The van der Waals surface area contributed by atoms with Gasteiger partial charge in [0.25, 0.3) is 5.91 Å². The molecule has 0 aliphatic carbocycles. The van der Waals surface area contributed by atoms with E-state index in [2.05, 4.69) is 26.2 Å². The van der Waals surface area contributed by atoms with Gasteiger partial charge in [0.1, 0.15) is 5.15 Å². The van der Waals surface area contributed by atoms with Gasteiger partial charge in [-0.15, -0.1) is 0 Å².